The van der Waals surface area contributed by atoms with E-state index >= 15 is 0 Å². The second-order valence-corrected chi connectivity index (χ2v) is 10.3. The highest BCUT2D eigenvalue weighted by Crippen LogP contribution is 2.23. The molecule has 0 spiro atoms. The fourth-order valence-electron chi connectivity index (χ4n) is 3.52. The number of aryl methyl sites for hydroxylation is 1. The van der Waals surface area contributed by atoms with E-state index in [-0.39, 0.29) is 5.54 Å². The predicted octanol–water partition coefficient (Wildman–Crippen LogP) is 7.89. The zero-order valence-electron chi connectivity index (χ0n) is 20.4. The molecule has 2 N–H and O–H groups in total. The quantitative estimate of drug-likeness (QED) is 0.171. The van der Waals surface area contributed by atoms with E-state index in [2.05, 4.69) is 69.9 Å². The van der Waals surface area contributed by atoms with E-state index in [1.165, 1.54) is 94.6 Å². The highest BCUT2D eigenvalue weighted by Gasteiger charge is 2.17. The molecule has 0 saturated carbocycles. The molecule has 2 nitrogen and oxygen atoms in total. The van der Waals surface area contributed by atoms with Crippen LogP contribution in [0, 0.1) is 0 Å². The second kappa shape index (κ2) is 18.0. The van der Waals surface area contributed by atoms with E-state index in [0.717, 1.165) is 0 Å². The Balaban J connectivity index is 0.00000122. The van der Waals surface area contributed by atoms with Crippen molar-refractivity contribution in [2.75, 3.05) is 14.1 Å². The van der Waals surface area contributed by atoms with Crippen LogP contribution in [0.3, 0.4) is 0 Å². The number of hydrogen-bond donors (Lipinski definition) is 2. The van der Waals surface area contributed by atoms with E-state index in [0.29, 0.717) is 4.32 Å². The van der Waals surface area contributed by atoms with Crippen LogP contribution in [0.2, 0.25) is 0 Å². The lowest BCUT2D eigenvalue weighted by atomic mass is 9.89. The summed E-state index contributed by atoms with van der Waals surface area (Å²) < 4.78 is 0.620. The molecule has 0 amide bonds. The highest BCUT2D eigenvalue weighted by atomic mass is 32.1. The van der Waals surface area contributed by atoms with Crippen LogP contribution in [0.25, 0.3) is 0 Å². The Kier molecular flexibility index (Phi) is 17.7. The Morgan fingerprint density at radius 2 is 1.27 bits per heavy atom. The topological polar surface area (TPSA) is 29.3 Å². The van der Waals surface area contributed by atoms with E-state index in [4.69, 9.17) is 5.73 Å². The molecular weight excluding hydrogens is 404 g/mol. The van der Waals surface area contributed by atoms with Gasteiger partial charge in [-0.2, -0.15) is 0 Å². The number of benzene rings is 1. The first-order valence-corrected chi connectivity index (χ1v) is 12.8. The van der Waals surface area contributed by atoms with Crippen molar-refractivity contribution in [3.05, 3.63) is 35.4 Å². The molecular formula is C26H48N2S2. The summed E-state index contributed by atoms with van der Waals surface area (Å²) >= 11 is 8.46. The molecule has 30 heavy (non-hydrogen) atoms. The molecule has 0 aromatic heterocycles. The van der Waals surface area contributed by atoms with Gasteiger partial charge in [0.25, 0.3) is 0 Å². The zero-order chi connectivity index (χ0) is 22.8. The largest absolute Gasteiger partial charge is 0.364 e. The van der Waals surface area contributed by atoms with E-state index in [1.807, 2.05) is 14.1 Å². The lowest BCUT2D eigenvalue weighted by Crippen LogP contribution is -2.30. The van der Waals surface area contributed by atoms with Gasteiger partial charge >= 0.3 is 0 Å². The smallest absolute Gasteiger partial charge is 0.132 e. The van der Waals surface area contributed by atoms with Crippen molar-refractivity contribution in [3.8, 4) is 0 Å². The first-order chi connectivity index (χ1) is 14.2. The number of nitrogens with zero attached hydrogens (tertiary/aromatic N) is 1. The minimum Gasteiger partial charge on any atom is -0.364 e. The number of nitrogens with two attached hydrogens (primary N) is 1. The first kappa shape index (κ1) is 29.4. The third-order valence-electron chi connectivity index (χ3n) is 5.39. The Hall–Kier alpha value is -0.580. The molecule has 4 heteroatoms. The molecule has 0 radical (unpaired) electrons. The average Bonchev–Trinajstić information content (AvgIpc) is 2.69. The van der Waals surface area contributed by atoms with Crippen molar-refractivity contribution in [2.24, 2.45) is 5.73 Å². The van der Waals surface area contributed by atoms with Crippen molar-refractivity contribution < 1.29 is 0 Å². The lowest BCUT2D eigenvalue weighted by molar-refractivity contribution is 0.535. The molecule has 0 fully saturated rings. The van der Waals surface area contributed by atoms with Gasteiger partial charge in [0.2, 0.25) is 0 Å². The molecule has 0 unspecified atom stereocenters. The SMILES string of the molecule is CCCCCCCCCCCCCCc1ccccc1C(C)(C)N.CN(C)C(=S)S. The van der Waals surface area contributed by atoms with Crippen LogP contribution in [0.15, 0.2) is 24.3 Å². The summed E-state index contributed by atoms with van der Waals surface area (Å²) in [5.41, 5.74) is 8.82. The fourth-order valence-corrected chi connectivity index (χ4v) is 3.52. The molecule has 0 atom stereocenters. The van der Waals surface area contributed by atoms with Crippen molar-refractivity contribution in [1.82, 2.24) is 4.90 Å². The number of rotatable bonds is 14. The molecule has 174 valence electrons. The number of hydrogen-bond acceptors (Lipinski definition) is 2. The van der Waals surface area contributed by atoms with Gasteiger partial charge in [0.1, 0.15) is 4.32 Å². The maximum atomic E-state index is 6.29. The Morgan fingerprint density at radius 1 is 0.867 bits per heavy atom. The number of thiocarbonyl (C=S) groups is 1. The average molecular weight is 453 g/mol. The molecule has 1 aromatic rings. The Bertz CT molecular complexity index is 550. The Labute approximate surface area is 198 Å². The number of unbranched alkanes of at least 4 members (excludes halogenated alkanes) is 11. The third-order valence-corrected chi connectivity index (χ3v) is 6.16. The highest BCUT2D eigenvalue weighted by molar-refractivity contribution is 8.10. The van der Waals surface area contributed by atoms with Crippen LogP contribution in [-0.4, -0.2) is 23.3 Å². The molecule has 0 heterocycles. The maximum Gasteiger partial charge on any atom is 0.132 e. The molecule has 0 aliphatic heterocycles. The summed E-state index contributed by atoms with van der Waals surface area (Å²) in [6.45, 7) is 6.50. The Morgan fingerprint density at radius 3 is 1.67 bits per heavy atom. The first-order valence-electron chi connectivity index (χ1n) is 12.0. The van der Waals surface area contributed by atoms with Gasteiger partial charge in [-0.3, -0.25) is 0 Å². The summed E-state index contributed by atoms with van der Waals surface area (Å²) in [5, 5.41) is 0. The summed E-state index contributed by atoms with van der Waals surface area (Å²) in [7, 11) is 3.71. The van der Waals surface area contributed by atoms with Crippen LogP contribution in [0.1, 0.15) is 109 Å². The molecule has 1 aromatic carbocycles. The summed E-state index contributed by atoms with van der Waals surface area (Å²) in [5.74, 6) is 0. The van der Waals surface area contributed by atoms with E-state index < -0.39 is 0 Å². The minimum absolute atomic E-state index is 0.228. The van der Waals surface area contributed by atoms with Gasteiger partial charge in [-0.25, -0.2) is 0 Å². The van der Waals surface area contributed by atoms with Crippen LogP contribution < -0.4 is 5.73 Å². The molecule has 0 bridgehead atoms. The summed E-state index contributed by atoms with van der Waals surface area (Å²) in [4.78, 5) is 1.76. The second-order valence-electron chi connectivity index (χ2n) is 9.19. The summed E-state index contributed by atoms with van der Waals surface area (Å²) in [6.07, 6.45) is 18.1. The number of thiol groups is 1. The van der Waals surface area contributed by atoms with Gasteiger partial charge in [0, 0.05) is 19.6 Å². The van der Waals surface area contributed by atoms with Gasteiger partial charge in [0.05, 0.1) is 0 Å². The molecule has 1 rings (SSSR count). The van der Waals surface area contributed by atoms with Crippen LogP contribution in [0.4, 0.5) is 0 Å². The molecule has 0 aliphatic rings. The molecule has 0 aliphatic carbocycles. The predicted molar refractivity (Wildman–Crippen MR) is 144 cm³/mol. The maximum absolute atomic E-state index is 6.29. The third kappa shape index (κ3) is 16.2. The van der Waals surface area contributed by atoms with E-state index in [9.17, 15) is 0 Å². The van der Waals surface area contributed by atoms with Crippen LogP contribution >= 0.6 is 24.8 Å². The van der Waals surface area contributed by atoms with Crippen molar-refractivity contribution in [3.63, 3.8) is 0 Å². The fraction of sp³-hybridized carbons (Fsp3) is 0.731. The van der Waals surface area contributed by atoms with Crippen LogP contribution in [-0.2, 0) is 12.0 Å². The van der Waals surface area contributed by atoms with Crippen molar-refractivity contribution in [2.45, 2.75) is 110 Å². The van der Waals surface area contributed by atoms with Gasteiger partial charge < -0.3 is 10.6 Å². The summed E-state index contributed by atoms with van der Waals surface area (Å²) in [6, 6.07) is 8.69. The zero-order valence-corrected chi connectivity index (χ0v) is 22.1. The molecule has 0 saturated heterocycles. The standard InChI is InChI=1S/C23H41N.C3H7NS2/c1-4-5-6-7-8-9-10-11-12-13-14-15-18-21-19-16-17-20-22(21)23(2,3)24;1-4(2)3(5)6/h16-17,19-20H,4-15,18,24H2,1-3H3;1-2H3,(H,5,6). The minimum atomic E-state index is -0.228. The van der Waals surface area contributed by atoms with Gasteiger partial charge in [0.15, 0.2) is 0 Å². The van der Waals surface area contributed by atoms with Crippen molar-refractivity contribution >= 4 is 29.2 Å². The monoisotopic (exact) mass is 452 g/mol. The normalized spacial score (nSPS) is 11.0. The lowest BCUT2D eigenvalue weighted by Gasteiger charge is -2.23. The van der Waals surface area contributed by atoms with Gasteiger partial charge in [-0.1, -0.05) is 114 Å². The van der Waals surface area contributed by atoms with Crippen LogP contribution in [0.5, 0.6) is 0 Å². The van der Waals surface area contributed by atoms with Gasteiger partial charge in [-0.05, 0) is 37.8 Å². The van der Waals surface area contributed by atoms with Gasteiger partial charge in [-0.15, -0.1) is 12.6 Å². The van der Waals surface area contributed by atoms with E-state index in [1.54, 1.807) is 4.90 Å². The van der Waals surface area contributed by atoms with Crippen molar-refractivity contribution in [1.29, 1.82) is 0 Å².